The second kappa shape index (κ2) is 6.66. The number of piperazine rings is 1. The molecule has 6 nitrogen and oxygen atoms in total. The normalized spacial score (nSPS) is 17.1. The largest absolute Gasteiger partial charge is 0.502 e. The summed E-state index contributed by atoms with van der Waals surface area (Å²) < 4.78 is 0. The van der Waals surface area contributed by atoms with Crippen LogP contribution in [0.1, 0.15) is 22.0 Å². The molecule has 2 heterocycles. The van der Waals surface area contributed by atoms with Gasteiger partial charge in [-0.15, -0.1) is 11.3 Å². The molecule has 122 valence electrons. The summed E-state index contributed by atoms with van der Waals surface area (Å²) in [6.45, 7) is 5.06. The van der Waals surface area contributed by atoms with E-state index >= 15 is 0 Å². The van der Waals surface area contributed by atoms with Crippen LogP contribution in [-0.2, 0) is 0 Å². The third-order valence-electron chi connectivity index (χ3n) is 4.19. The number of phenolic OH excluding ortho intramolecular Hbond substituents is 1. The summed E-state index contributed by atoms with van der Waals surface area (Å²) in [6, 6.07) is 7.36. The molecule has 1 aromatic carbocycles. The van der Waals surface area contributed by atoms with E-state index in [1.807, 2.05) is 23.6 Å². The summed E-state index contributed by atoms with van der Waals surface area (Å²) in [5.41, 5.74) is 0.882. The van der Waals surface area contributed by atoms with Crippen molar-refractivity contribution in [2.75, 3.05) is 26.2 Å². The first kappa shape index (κ1) is 15.9. The number of nitro groups is 1. The molecule has 1 aliphatic heterocycles. The van der Waals surface area contributed by atoms with Crippen molar-refractivity contribution >= 4 is 17.0 Å². The molecule has 1 aliphatic rings. The molecule has 7 heteroatoms. The number of hydrogen-bond donors (Lipinski definition) is 2. The summed E-state index contributed by atoms with van der Waals surface area (Å²) >= 11 is 1.60. The Morgan fingerprint density at radius 1 is 1.35 bits per heavy atom. The van der Waals surface area contributed by atoms with Crippen molar-refractivity contribution in [3.63, 3.8) is 0 Å². The Labute approximate surface area is 138 Å². The average Bonchev–Trinajstić information content (AvgIpc) is 3.05. The van der Waals surface area contributed by atoms with E-state index in [0.717, 1.165) is 31.1 Å². The van der Waals surface area contributed by atoms with Gasteiger partial charge in [0.1, 0.15) is 0 Å². The van der Waals surface area contributed by atoms with Gasteiger partial charge in [0.25, 0.3) is 0 Å². The Balaban J connectivity index is 2.10. The quantitative estimate of drug-likeness (QED) is 0.664. The van der Waals surface area contributed by atoms with Gasteiger partial charge in [-0.25, -0.2) is 0 Å². The van der Waals surface area contributed by atoms with Crippen molar-refractivity contribution in [1.29, 1.82) is 0 Å². The first-order chi connectivity index (χ1) is 11.1. The van der Waals surface area contributed by atoms with Crippen molar-refractivity contribution in [2.45, 2.75) is 13.0 Å². The molecule has 0 bridgehead atoms. The molecule has 0 saturated carbocycles. The third-order valence-corrected chi connectivity index (χ3v) is 5.12. The van der Waals surface area contributed by atoms with Crippen LogP contribution in [0.15, 0.2) is 29.6 Å². The van der Waals surface area contributed by atoms with Crippen molar-refractivity contribution in [3.05, 3.63) is 55.8 Å². The number of aromatic hydroxyl groups is 1. The highest BCUT2D eigenvalue weighted by Gasteiger charge is 2.31. The molecule has 1 atom stereocenters. The van der Waals surface area contributed by atoms with Gasteiger partial charge in [0.05, 0.1) is 11.0 Å². The molecule has 0 amide bonds. The van der Waals surface area contributed by atoms with E-state index in [9.17, 15) is 15.2 Å². The molecule has 0 radical (unpaired) electrons. The van der Waals surface area contributed by atoms with Crippen LogP contribution < -0.4 is 5.32 Å². The summed E-state index contributed by atoms with van der Waals surface area (Å²) in [5, 5.41) is 27.2. The van der Waals surface area contributed by atoms with Crippen molar-refractivity contribution in [1.82, 2.24) is 10.2 Å². The van der Waals surface area contributed by atoms with Gasteiger partial charge in [-0.3, -0.25) is 15.0 Å². The fraction of sp³-hybridized carbons (Fsp3) is 0.375. The highest BCUT2D eigenvalue weighted by molar-refractivity contribution is 7.10. The number of nitro benzene ring substituents is 1. The zero-order valence-electron chi connectivity index (χ0n) is 12.9. The number of benzene rings is 1. The first-order valence-corrected chi connectivity index (χ1v) is 8.42. The third kappa shape index (κ3) is 3.08. The van der Waals surface area contributed by atoms with Crippen LogP contribution in [0.2, 0.25) is 0 Å². The van der Waals surface area contributed by atoms with E-state index in [-0.39, 0.29) is 17.5 Å². The van der Waals surface area contributed by atoms with Crippen LogP contribution in [0.3, 0.4) is 0 Å². The minimum atomic E-state index is -0.503. The summed E-state index contributed by atoms with van der Waals surface area (Å²) in [5.74, 6) is -0.216. The smallest absolute Gasteiger partial charge is 0.313 e. The van der Waals surface area contributed by atoms with Crippen LogP contribution in [0, 0.1) is 17.0 Å². The van der Waals surface area contributed by atoms with Gasteiger partial charge in [0.15, 0.2) is 5.75 Å². The minimum Gasteiger partial charge on any atom is -0.502 e. The Kier molecular flexibility index (Phi) is 4.61. The number of rotatable bonds is 4. The molecule has 0 aliphatic carbocycles. The number of nitrogens with zero attached hydrogens (tertiary/aromatic N) is 2. The molecule has 0 spiro atoms. The molecular formula is C16H19N3O3S. The van der Waals surface area contributed by atoms with Gasteiger partial charge >= 0.3 is 5.69 Å². The Bertz CT molecular complexity index is 697. The zero-order valence-corrected chi connectivity index (χ0v) is 13.7. The zero-order chi connectivity index (χ0) is 16.4. The lowest BCUT2D eigenvalue weighted by Crippen LogP contribution is -2.45. The van der Waals surface area contributed by atoms with E-state index < -0.39 is 4.92 Å². The maximum Gasteiger partial charge on any atom is 0.313 e. The molecule has 2 aromatic rings. The van der Waals surface area contributed by atoms with Gasteiger partial charge in [-0.2, -0.15) is 0 Å². The number of hydrogen-bond acceptors (Lipinski definition) is 6. The highest BCUT2D eigenvalue weighted by atomic mass is 32.1. The average molecular weight is 333 g/mol. The van der Waals surface area contributed by atoms with Gasteiger partial charge < -0.3 is 10.4 Å². The summed E-state index contributed by atoms with van der Waals surface area (Å²) in [7, 11) is 0. The van der Waals surface area contributed by atoms with Gasteiger partial charge in [0.2, 0.25) is 0 Å². The van der Waals surface area contributed by atoms with E-state index in [0.29, 0.717) is 11.1 Å². The van der Waals surface area contributed by atoms with Crippen LogP contribution in [0.5, 0.6) is 5.75 Å². The first-order valence-electron chi connectivity index (χ1n) is 7.54. The number of thiophene rings is 1. The van der Waals surface area contributed by atoms with E-state index in [2.05, 4.69) is 10.2 Å². The molecule has 23 heavy (non-hydrogen) atoms. The number of aryl methyl sites for hydroxylation is 1. The SMILES string of the molecule is Cc1ccc([C@@H](c2cccs2)N2CCNCC2)c(O)c1[N+](=O)[O-]. The lowest BCUT2D eigenvalue weighted by Gasteiger charge is -2.35. The second-order valence-corrected chi connectivity index (χ2v) is 6.61. The van der Waals surface area contributed by atoms with Crippen LogP contribution >= 0.6 is 11.3 Å². The molecule has 1 aromatic heterocycles. The van der Waals surface area contributed by atoms with Crippen LogP contribution in [0.4, 0.5) is 5.69 Å². The summed E-state index contributed by atoms with van der Waals surface area (Å²) in [4.78, 5) is 14.1. The molecule has 0 unspecified atom stereocenters. The van der Waals surface area contributed by atoms with Crippen LogP contribution in [-0.4, -0.2) is 41.1 Å². The van der Waals surface area contributed by atoms with Gasteiger partial charge in [0, 0.05) is 42.2 Å². The fourth-order valence-corrected chi connectivity index (χ4v) is 3.94. The van der Waals surface area contributed by atoms with E-state index in [1.54, 1.807) is 24.3 Å². The predicted octanol–water partition coefficient (Wildman–Crippen LogP) is 2.66. The fourth-order valence-electron chi connectivity index (χ4n) is 3.06. The lowest BCUT2D eigenvalue weighted by molar-refractivity contribution is -0.386. The minimum absolute atomic E-state index is 0.156. The Morgan fingerprint density at radius 3 is 2.70 bits per heavy atom. The Morgan fingerprint density at radius 2 is 2.09 bits per heavy atom. The number of phenols is 1. The monoisotopic (exact) mass is 333 g/mol. The maximum atomic E-state index is 11.3. The van der Waals surface area contributed by atoms with Gasteiger partial charge in [-0.1, -0.05) is 18.2 Å². The Hall–Kier alpha value is -1.96. The number of nitrogens with one attached hydrogen (secondary N) is 1. The molecule has 1 saturated heterocycles. The highest BCUT2D eigenvalue weighted by Crippen LogP contribution is 2.42. The molecule has 3 rings (SSSR count). The molecular weight excluding hydrogens is 314 g/mol. The van der Waals surface area contributed by atoms with Gasteiger partial charge in [-0.05, 0) is 18.4 Å². The van der Waals surface area contributed by atoms with E-state index in [4.69, 9.17) is 0 Å². The molecule has 2 N–H and O–H groups in total. The van der Waals surface area contributed by atoms with Crippen molar-refractivity contribution < 1.29 is 10.0 Å². The van der Waals surface area contributed by atoms with E-state index in [1.165, 1.54) is 0 Å². The lowest BCUT2D eigenvalue weighted by atomic mass is 9.98. The second-order valence-electron chi connectivity index (χ2n) is 5.63. The van der Waals surface area contributed by atoms with Crippen molar-refractivity contribution in [3.8, 4) is 5.75 Å². The standard InChI is InChI=1S/C16H19N3O3S/c1-11-4-5-12(16(20)14(11)19(21)22)15(13-3-2-10-23-13)18-8-6-17-7-9-18/h2-5,10,15,17,20H,6-9H2,1H3/t15-/m0/s1. The van der Waals surface area contributed by atoms with Crippen molar-refractivity contribution in [2.24, 2.45) is 0 Å². The topological polar surface area (TPSA) is 78.6 Å². The van der Waals surface area contributed by atoms with Crippen LogP contribution in [0.25, 0.3) is 0 Å². The molecule has 1 fully saturated rings. The summed E-state index contributed by atoms with van der Waals surface area (Å²) in [6.07, 6.45) is 0. The maximum absolute atomic E-state index is 11.3. The predicted molar refractivity (Wildman–Crippen MR) is 90.1 cm³/mol.